The summed E-state index contributed by atoms with van der Waals surface area (Å²) in [5.74, 6) is -0.743. The number of phenols is 1. The molecule has 0 aliphatic carbocycles. The Morgan fingerprint density at radius 3 is 2.88 bits per heavy atom. The Kier molecular flexibility index (Phi) is 4.13. The zero-order chi connectivity index (χ0) is 18.4. The second kappa shape index (κ2) is 6.34. The Hall–Kier alpha value is -2.51. The van der Waals surface area contributed by atoms with Gasteiger partial charge in [-0.15, -0.1) is 0 Å². The van der Waals surface area contributed by atoms with Gasteiger partial charge in [0.15, 0.2) is 17.5 Å². The molecular weight excluding hydrogens is 400 g/mol. The van der Waals surface area contributed by atoms with E-state index in [9.17, 15) is 15.0 Å². The number of rotatable bonds is 3. The molecule has 134 valence electrons. The van der Waals surface area contributed by atoms with Crippen LogP contribution in [0.4, 0.5) is 0 Å². The summed E-state index contributed by atoms with van der Waals surface area (Å²) < 4.78 is 5.74. The second-order valence-corrected chi connectivity index (χ2v) is 7.27. The van der Waals surface area contributed by atoms with E-state index in [0.717, 1.165) is 27.7 Å². The summed E-state index contributed by atoms with van der Waals surface area (Å²) in [4.78, 5) is 15.0. The lowest BCUT2D eigenvalue weighted by Gasteiger charge is -2.29. The number of carbonyl (C=O) groups is 1. The van der Waals surface area contributed by atoms with Gasteiger partial charge in [0.05, 0.1) is 23.2 Å². The average molecular weight is 417 g/mol. The quantitative estimate of drug-likeness (QED) is 0.591. The number of aromatic amines is 1. The van der Waals surface area contributed by atoms with Crippen molar-refractivity contribution in [1.29, 1.82) is 0 Å². The van der Waals surface area contributed by atoms with Crippen LogP contribution in [-0.2, 0) is 11.2 Å². The van der Waals surface area contributed by atoms with Gasteiger partial charge in [0.25, 0.3) is 0 Å². The maximum Gasteiger partial charge on any atom is 0.172 e. The number of quaternary nitrogens is 1. The number of benzene rings is 2. The molecule has 4 rings (SSSR count). The highest BCUT2D eigenvalue weighted by Crippen LogP contribution is 2.39. The Balaban J connectivity index is 1.91. The molecular formula is C19H17BrN2O4. The summed E-state index contributed by atoms with van der Waals surface area (Å²) in [6.45, 7) is 0. The molecule has 1 aliphatic heterocycles. The number of methoxy groups -OCH3 is 1. The highest BCUT2D eigenvalue weighted by Gasteiger charge is 2.35. The molecule has 0 unspecified atom stereocenters. The monoisotopic (exact) mass is 416 g/mol. The molecule has 1 aromatic heterocycles. The van der Waals surface area contributed by atoms with Gasteiger partial charge >= 0.3 is 0 Å². The molecule has 4 N–H and O–H groups in total. The van der Waals surface area contributed by atoms with Crippen molar-refractivity contribution >= 4 is 32.8 Å². The molecule has 2 atom stereocenters. The number of nitrogens with one attached hydrogen (secondary N) is 1. The molecule has 2 heterocycles. The summed E-state index contributed by atoms with van der Waals surface area (Å²) in [5, 5.41) is 24.5. The van der Waals surface area contributed by atoms with E-state index in [4.69, 9.17) is 4.74 Å². The van der Waals surface area contributed by atoms with Gasteiger partial charge < -0.3 is 30.0 Å². The molecule has 26 heavy (non-hydrogen) atoms. The van der Waals surface area contributed by atoms with Crippen molar-refractivity contribution in [2.45, 2.75) is 18.5 Å². The third-order valence-electron chi connectivity index (χ3n) is 4.94. The van der Waals surface area contributed by atoms with Crippen LogP contribution < -0.4 is 15.2 Å². The summed E-state index contributed by atoms with van der Waals surface area (Å²) in [6.07, 6.45) is 0.397. The van der Waals surface area contributed by atoms with Gasteiger partial charge in [0, 0.05) is 22.9 Å². The van der Waals surface area contributed by atoms with Gasteiger partial charge in [-0.25, -0.2) is 0 Å². The SMILES string of the molecule is COc1cc([C@@H]2[NH2+][C@@H](C(=O)[O-])Cc3c2[nH]c2ccccc32)cc(Br)c1O. The predicted octanol–water partition coefficient (Wildman–Crippen LogP) is 0.972. The van der Waals surface area contributed by atoms with Crippen molar-refractivity contribution in [3.8, 4) is 11.5 Å². The Morgan fingerprint density at radius 1 is 1.38 bits per heavy atom. The van der Waals surface area contributed by atoms with Crippen LogP contribution in [0.25, 0.3) is 10.9 Å². The Morgan fingerprint density at radius 2 is 2.15 bits per heavy atom. The molecule has 0 saturated carbocycles. The number of carboxylic acids is 1. The fourth-order valence-corrected chi connectivity index (χ4v) is 4.15. The van der Waals surface area contributed by atoms with Crippen LogP contribution in [0.2, 0.25) is 0 Å². The minimum absolute atomic E-state index is 0.0142. The van der Waals surface area contributed by atoms with Crippen LogP contribution in [0, 0.1) is 0 Å². The maximum absolute atomic E-state index is 11.6. The van der Waals surface area contributed by atoms with Crippen LogP contribution >= 0.6 is 15.9 Å². The number of halogens is 1. The lowest BCUT2D eigenvalue weighted by molar-refractivity contribution is -0.717. The number of hydrogen-bond acceptors (Lipinski definition) is 4. The lowest BCUT2D eigenvalue weighted by atomic mass is 9.90. The van der Waals surface area contributed by atoms with E-state index in [0.29, 0.717) is 16.6 Å². The topological polar surface area (TPSA) is 102 Å². The van der Waals surface area contributed by atoms with Gasteiger partial charge in [-0.1, -0.05) is 18.2 Å². The first-order chi connectivity index (χ1) is 12.5. The van der Waals surface area contributed by atoms with Gasteiger partial charge in [-0.05, 0) is 39.7 Å². The number of nitrogens with two attached hydrogens (primary N) is 1. The van der Waals surface area contributed by atoms with Crippen molar-refractivity contribution in [3.63, 3.8) is 0 Å². The van der Waals surface area contributed by atoms with Crippen molar-refractivity contribution < 1.29 is 25.1 Å². The standard InChI is InChI=1S/C19H17BrN2O4/c1-26-15-7-9(6-12(20)18(15)23)16-17-11(8-14(22-16)19(24)25)10-4-2-3-5-13(10)21-17/h2-7,14,16,21-23H,8H2,1H3,(H,24,25)/t14-,16+/m1/s1. The average Bonchev–Trinajstić information content (AvgIpc) is 3.01. The van der Waals surface area contributed by atoms with E-state index in [-0.39, 0.29) is 11.8 Å². The van der Waals surface area contributed by atoms with Crippen molar-refractivity contribution in [2.24, 2.45) is 0 Å². The number of aromatic nitrogens is 1. The molecule has 0 amide bonds. The molecule has 0 bridgehead atoms. The highest BCUT2D eigenvalue weighted by atomic mass is 79.9. The van der Waals surface area contributed by atoms with Crippen LogP contribution in [0.3, 0.4) is 0 Å². The molecule has 3 aromatic rings. The first kappa shape index (κ1) is 16.9. The first-order valence-electron chi connectivity index (χ1n) is 8.21. The molecule has 0 spiro atoms. The molecule has 7 heteroatoms. The van der Waals surface area contributed by atoms with Crippen LogP contribution in [0.5, 0.6) is 11.5 Å². The first-order valence-corrected chi connectivity index (χ1v) is 9.00. The predicted molar refractivity (Wildman–Crippen MR) is 96.9 cm³/mol. The van der Waals surface area contributed by atoms with Crippen molar-refractivity contribution in [1.82, 2.24) is 4.98 Å². The van der Waals surface area contributed by atoms with Gasteiger partial charge in [-0.2, -0.15) is 0 Å². The minimum Gasteiger partial charge on any atom is -0.544 e. The number of carbonyl (C=O) groups excluding carboxylic acids is 1. The molecule has 1 aliphatic rings. The number of phenolic OH excluding ortho intramolecular Hbond substituents is 1. The maximum atomic E-state index is 11.6. The fraction of sp³-hybridized carbons (Fsp3) is 0.211. The number of ether oxygens (including phenoxy) is 1. The summed E-state index contributed by atoms with van der Waals surface area (Å²) in [7, 11) is 1.48. The molecule has 6 nitrogen and oxygen atoms in total. The number of carboxylic acid groups (broad SMARTS) is 1. The van der Waals surface area contributed by atoms with E-state index in [2.05, 4.69) is 20.9 Å². The van der Waals surface area contributed by atoms with Crippen LogP contribution in [-0.4, -0.2) is 29.2 Å². The number of H-pyrrole nitrogens is 1. The van der Waals surface area contributed by atoms with Crippen molar-refractivity contribution in [3.05, 3.63) is 57.7 Å². The van der Waals surface area contributed by atoms with E-state index >= 15 is 0 Å². The largest absolute Gasteiger partial charge is 0.544 e. The van der Waals surface area contributed by atoms with E-state index in [1.54, 1.807) is 17.4 Å². The van der Waals surface area contributed by atoms with E-state index in [1.165, 1.54) is 7.11 Å². The zero-order valence-electron chi connectivity index (χ0n) is 14.0. The fourth-order valence-electron chi connectivity index (χ4n) is 3.69. The van der Waals surface area contributed by atoms with Gasteiger partial charge in [0.1, 0.15) is 6.04 Å². The molecule has 0 fully saturated rings. The number of aromatic hydroxyl groups is 1. The van der Waals surface area contributed by atoms with Gasteiger partial charge in [-0.3, -0.25) is 0 Å². The lowest BCUT2D eigenvalue weighted by Crippen LogP contribution is -2.95. The number of para-hydroxylation sites is 1. The van der Waals surface area contributed by atoms with E-state index < -0.39 is 12.0 Å². The van der Waals surface area contributed by atoms with Gasteiger partial charge in [0.2, 0.25) is 0 Å². The molecule has 2 aromatic carbocycles. The molecule has 0 radical (unpaired) electrons. The van der Waals surface area contributed by atoms with E-state index in [1.807, 2.05) is 24.3 Å². The summed E-state index contributed by atoms with van der Waals surface area (Å²) in [5.41, 5.74) is 3.75. The summed E-state index contributed by atoms with van der Waals surface area (Å²) in [6, 6.07) is 10.4. The molecule has 0 saturated heterocycles. The smallest absolute Gasteiger partial charge is 0.172 e. The third kappa shape index (κ3) is 2.64. The van der Waals surface area contributed by atoms with Crippen LogP contribution in [0.15, 0.2) is 40.9 Å². The number of hydrogen-bond donors (Lipinski definition) is 3. The Labute approximate surface area is 157 Å². The third-order valence-corrected chi connectivity index (χ3v) is 5.54. The number of aliphatic carboxylic acids is 1. The Bertz CT molecular complexity index is 1010. The zero-order valence-corrected chi connectivity index (χ0v) is 15.5. The van der Waals surface area contributed by atoms with Crippen LogP contribution in [0.1, 0.15) is 22.9 Å². The number of fused-ring (bicyclic) bond motifs is 3. The normalized spacial score (nSPS) is 19.3. The summed E-state index contributed by atoms with van der Waals surface area (Å²) >= 11 is 3.34. The minimum atomic E-state index is -1.09. The highest BCUT2D eigenvalue weighted by molar-refractivity contribution is 9.10. The second-order valence-electron chi connectivity index (χ2n) is 6.42. The van der Waals surface area contributed by atoms with Crippen molar-refractivity contribution in [2.75, 3.05) is 7.11 Å².